The summed E-state index contributed by atoms with van der Waals surface area (Å²) in [5.74, 6) is -7.87. The van der Waals surface area contributed by atoms with E-state index in [9.17, 15) is 74.4 Å². The van der Waals surface area contributed by atoms with E-state index in [1.807, 2.05) is 69.7 Å². The molecule has 88 heavy (non-hydrogen) atoms. The summed E-state index contributed by atoms with van der Waals surface area (Å²) in [6.45, 7) is 6.30. The Morgan fingerprint density at radius 3 is 1.74 bits per heavy atom. The number of quaternary nitrogens is 1. The number of hydrogen-bond acceptors (Lipinski definition) is 16. The third-order valence-electron chi connectivity index (χ3n) is 16.5. The molecule has 4 aromatic carbocycles. The van der Waals surface area contributed by atoms with Gasteiger partial charge in [0.25, 0.3) is 5.91 Å². The van der Waals surface area contributed by atoms with E-state index in [0.29, 0.717) is 24.1 Å². The molecule has 1 unspecified atom stereocenters. The van der Waals surface area contributed by atoms with Crippen molar-refractivity contribution in [2.24, 2.45) is 5.92 Å². The van der Waals surface area contributed by atoms with Gasteiger partial charge in [-0.15, -0.1) is 0 Å². The minimum Gasteiger partial charge on any atom is -0.508 e. The molecule has 3 saturated heterocycles. The zero-order chi connectivity index (χ0) is 64.3. The quantitative estimate of drug-likeness (QED) is 0.0480. The largest absolute Gasteiger partial charge is 0.508 e. The number of nitrogens with one attached hydrogen (secondary N) is 5. The molecule has 478 valence electrons. The number of aliphatic hydroxyl groups excluding tert-OH is 7. The Morgan fingerprint density at radius 2 is 1.18 bits per heavy atom. The van der Waals surface area contributed by atoms with Crippen LogP contribution >= 0.6 is 0 Å². The Kier molecular flexibility index (Phi) is 23.2. The zero-order valence-corrected chi connectivity index (χ0v) is 50.9. The van der Waals surface area contributed by atoms with Crippen molar-refractivity contribution in [2.45, 2.75) is 158 Å². The smallest absolute Gasteiger partial charge is 0.251 e. The van der Waals surface area contributed by atoms with Crippen LogP contribution < -0.4 is 31.3 Å². The summed E-state index contributed by atoms with van der Waals surface area (Å²) < 4.78 is 6.33. The molecule has 7 rings (SSSR count). The van der Waals surface area contributed by atoms with Gasteiger partial charge in [0.15, 0.2) is 0 Å². The van der Waals surface area contributed by atoms with Crippen molar-refractivity contribution in [2.75, 3.05) is 47.4 Å². The number of hydrogen-bond donors (Lipinski definition) is 13. The third kappa shape index (κ3) is 17.2. The first-order valence-electron chi connectivity index (χ1n) is 30.1. The van der Waals surface area contributed by atoms with E-state index in [0.717, 1.165) is 70.9 Å². The van der Waals surface area contributed by atoms with Crippen molar-refractivity contribution >= 4 is 41.4 Å². The fourth-order valence-corrected chi connectivity index (χ4v) is 11.3. The van der Waals surface area contributed by atoms with Gasteiger partial charge in [-0.1, -0.05) is 87.4 Å². The molecular formula is C64H87N8O16+. The van der Waals surface area contributed by atoms with E-state index in [-0.39, 0.29) is 29.8 Å². The molecule has 4 aromatic rings. The third-order valence-corrected chi connectivity index (χ3v) is 16.5. The van der Waals surface area contributed by atoms with Gasteiger partial charge in [-0.25, -0.2) is 0 Å². The van der Waals surface area contributed by atoms with E-state index < -0.39 is 152 Å². The lowest BCUT2D eigenvalue weighted by Crippen LogP contribution is -2.64. The number of nitrogens with zero attached hydrogens (tertiary/aromatic N) is 3. The second-order valence-corrected chi connectivity index (χ2v) is 24.6. The topological polar surface area (TPSA) is 357 Å². The van der Waals surface area contributed by atoms with Crippen LogP contribution in [0.25, 0.3) is 22.3 Å². The molecule has 15 atom stereocenters. The number of phenols is 1. The molecule has 0 radical (unpaired) electrons. The maximum atomic E-state index is 14.8. The second kappa shape index (κ2) is 30.1. The summed E-state index contributed by atoms with van der Waals surface area (Å²) in [7, 11) is 5.76. The van der Waals surface area contributed by atoms with E-state index in [1.165, 1.54) is 36.4 Å². The molecule has 0 saturated carbocycles. The van der Waals surface area contributed by atoms with Crippen LogP contribution in [0.4, 0.5) is 0 Å². The molecule has 3 fully saturated rings. The highest BCUT2D eigenvalue weighted by Gasteiger charge is 2.50. The van der Waals surface area contributed by atoms with Crippen LogP contribution in [0.5, 0.6) is 11.5 Å². The fraction of sp³-hybridized carbons (Fsp3) is 0.516. The summed E-state index contributed by atoms with van der Waals surface area (Å²) in [6.07, 6.45) is -9.94. The average Bonchev–Trinajstić information content (AvgIpc) is 2.08. The van der Waals surface area contributed by atoms with E-state index in [2.05, 4.69) is 33.5 Å². The van der Waals surface area contributed by atoms with E-state index in [1.54, 1.807) is 19.1 Å². The number of amides is 7. The number of unbranched alkanes of at least 4 members (excludes halogenated alkanes) is 2. The summed E-state index contributed by atoms with van der Waals surface area (Å²) in [5, 5.41) is 103. The number of aliphatic hydroxyl groups is 7. The van der Waals surface area contributed by atoms with Crippen LogP contribution in [0, 0.1) is 5.92 Å². The van der Waals surface area contributed by atoms with E-state index in [4.69, 9.17) is 4.74 Å². The Hall–Kier alpha value is -7.55. The van der Waals surface area contributed by atoms with Crippen LogP contribution in [0.2, 0.25) is 0 Å². The first-order valence-corrected chi connectivity index (χ1v) is 30.1. The molecule has 0 aromatic heterocycles. The van der Waals surface area contributed by atoms with Crippen LogP contribution in [0.15, 0.2) is 97.1 Å². The molecule has 7 amide bonds. The lowest BCUT2D eigenvalue weighted by molar-refractivity contribution is -0.870. The molecule has 24 nitrogen and oxygen atoms in total. The fourth-order valence-electron chi connectivity index (χ4n) is 11.3. The van der Waals surface area contributed by atoms with Crippen LogP contribution in [-0.4, -0.2) is 223 Å². The highest BCUT2D eigenvalue weighted by molar-refractivity contribution is 6.00. The standard InChI is InChI=1S/C64H86N8O16/c1-8-9-10-30-88-46-27-23-41(24-28-46)39-15-13-38(14-16-39)40-17-19-43(20-18-40)58(81)66-48-32-50(77)47(12-11-29-72(5,6)7)65-62(85)54-55(78)35(2)33-71(54)64(87)52(37(4)74)68-61(84)53(57(80)56(79)42-21-25-44(75)26-22-42)69-60(83)49-31-45(76)34-70(49)63(86)51(36(3)73)67-59(48)82/h13-28,35-37,45,47-57,73-74,76-80H,8-12,29-34H2,1-7H3,(H5-,65,66,67,68,69,75,81,82,83,84,85)/p+1/t35-,36+,37+,45+,47-,48-,49?,50+,51-,52-,53-,54-,55-,56-,57-/m0/s1. The SMILES string of the molecule is CCCCCOc1ccc(-c2ccc(-c3ccc(C(=O)N[C@H]4C[C@@H](O)[C@H](CCC[N+](C)(C)C)NC(=O)[C@@H]5[C@@H](O)[C@@H](C)CN5C(=O)[C@H]([C@@H](C)O)NC(=O)[C@H]([C@H](O)[C@@H](O)c5ccc(O)cc5)NC(=O)C5C[C@@H](O)CN5C(=O)[C@H]([C@@H](C)O)NC4=O)cc3)cc2)cc1. The van der Waals surface area contributed by atoms with Crippen molar-refractivity contribution < 1.29 is 83.6 Å². The zero-order valence-electron chi connectivity index (χ0n) is 50.9. The maximum absolute atomic E-state index is 14.8. The van der Waals surface area contributed by atoms with Crippen molar-refractivity contribution in [3.8, 4) is 33.8 Å². The van der Waals surface area contributed by atoms with Crippen LogP contribution in [-0.2, 0) is 28.8 Å². The Labute approximate surface area is 512 Å². The molecule has 3 heterocycles. The van der Waals surface area contributed by atoms with Crippen molar-refractivity contribution in [3.63, 3.8) is 0 Å². The second-order valence-electron chi connectivity index (χ2n) is 24.6. The lowest BCUT2D eigenvalue weighted by atomic mass is 9.96. The number of aromatic hydroxyl groups is 1. The predicted octanol–water partition coefficient (Wildman–Crippen LogP) is 0.610. The molecule has 3 aliphatic heterocycles. The predicted molar refractivity (Wildman–Crippen MR) is 323 cm³/mol. The molecular weight excluding hydrogens is 1140 g/mol. The Bertz CT molecular complexity index is 3030. The van der Waals surface area contributed by atoms with Gasteiger partial charge < -0.3 is 86.5 Å². The molecule has 3 aliphatic rings. The Morgan fingerprint density at radius 1 is 0.648 bits per heavy atom. The minimum absolute atomic E-state index is 0.0421. The summed E-state index contributed by atoms with van der Waals surface area (Å²) in [5.41, 5.74) is 3.56. The van der Waals surface area contributed by atoms with Gasteiger partial charge in [0.1, 0.15) is 60.0 Å². The van der Waals surface area contributed by atoms with Gasteiger partial charge in [0, 0.05) is 37.4 Å². The van der Waals surface area contributed by atoms with Crippen molar-refractivity contribution in [1.29, 1.82) is 0 Å². The minimum atomic E-state index is -2.27. The monoisotopic (exact) mass is 1220 g/mol. The number of carbonyl (C=O) groups is 7. The Balaban J connectivity index is 1.23. The van der Waals surface area contributed by atoms with Crippen molar-refractivity contribution in [1.82, 2.24) is 36.4 Å². The summed E-state index contributed by atoms with van der Waals surface area (Å²) >= 11 is 0. The molecule has 24 heteroatoms. The first-order chi connectivity index (χ1) is 41.6. The van der Waals surface area contributed by atoms with Gasteiger partial charge in [0.05, 0.1) is 70.9 Å². The maximum Gasteiger partial charge on any atom is 0.251 e. The van der Waals surface area contributed by atoms with Crippen LogP contribution in [0.3, 0.4) is 0 Å². The van der Waals surface area contributed by atoms with Gasteiger partial charge in [0.2, 0.25) is 35.4 Å². The highest BCUT2D eigenvalue weighted by Crippen LogP contribution is 2.30. The number of rotatable bonds is 18. The molecule has 0 aliphatic carbocycles. The summed E-state index contributed by atoms with van der Waals surface area (Å²) in [4.78, 5) is 104. The number of ether oxygens (including phenoxy) is 1. The van der Waals surface area contributed by atoms with Gasteiger partial charge in [-0.05, 0) is 97.3 Å². The number of carbonyl (C=O) groups excluding carboxylic acids is 7. The molecule has 0 bridgehead atoms. The number of phenolic OH excluding ortho intramolecular Hbond substituents is 1. The normalized spacial score (nSPS) is 26.7. The molecule has 13 N–H and O–H groups in total. The van der Waals surface area contributed by atoms with Gasteiger partial charge >= 0.3 is 0 Å². The first kappa shape index (κ1) is 67.9. The number of fused-ring (bicyclic) bond motifs is 2. The lowest BCUT2D eigenvalue weighted by Gasteiger charge is -2.34. The van der Waals surface area contributed by atoms with Crippen molar-refractivity contribution in [3.05, 3.63) is 108 Å². The summed E-state index contributed by atoms with van der Waals surface area (Å²) in [6, 6.07) is 14.5. The van der Waals surface area contributed by atoms with E-state index >= 15 is 0 Å². The van der Waals surface area contributed by atoms with Crippen LogP contribution in [0.1, 0.15) is 94.7 Å². The number of benzene rings is 4. The van der Waals surface area contributed by atoms with Gasteiger partial charge in [-0.2, -0.15) is 0 Å². The van der Waals surface area contributed by atoms with Gasteiger partial charge in [-0.3, -0.25) is 33.6 Å². The highest BCUT2D eigenvalue weighted by atomic mass is 16.5. The average molecular weight is 1220 g/mol. The molecule has 0 spiro atoms.